The molecule has 0 aromatic heterocycles. The van der Waals surface area contributed by atoms with Gasteiger partial charge >= 0.3 is 5.97 Å². The summed E-state index contributed by atoms with van der Waals surface area (Å²) in [5.74, 6) is -2.53. The van der Waals surface area contributed by atoms with Crippen LogP contribution >= 0.6 is 15.9 Å². The highest BCUT2D eigenvalue weighted by Gasteiger charge is 2.38. The molecule has 6 nitrogen and oxygen atoms in total. The second-order valence-electron chi connectivity index (χ2n) is 5.40. The van der Waals surface area contributed by atoms with Crippen LogP contribution in [0.5, 0.6) is 0 Å². The fraction of sp³-hybridized carbons (Fsp3) is 0.467. The predicted molar refractivity (Wildman–Crippen MR) is 84.1 cm³/mol. The zero-order chi connectivity index (χ0) is 16.1. The highest BCUT2D eigenvalue weighted by Crippen LogP contribution is 2.35. The van der Waals surface area contributed by atoms with E-state index in [1.807, 2.05) is 0 Å². The average Bonchev–Trinajstić information content (AvgIpc) is 2.53. The van der Waals surface area contributed by atoms with Gasteiger partial charge in [-0.2, -0.15) is 0 Å². The molecule has 1 aliphatic carbocycles. The summed E-state index contributed by atoms with van der Waals surface area (Å²) in [5, 5.41) is 12.9. The molecule has 1 N–H and O–H groups in total. The zero-order valence-corrected chi connectivity index (χ0v) is 13.4. The fourth-order valence-electron chi connectivity index (χ4n) is 2.95. The summed E-state index contributed by atoms with van der Waals surface area (Å²) >= 11 is 3.31. The number of carboxylic acids is 1. The molecule has 1 fully saturated rings. The molecule has 22 heavy (non-hydrogen) atoms. The number of azide groups is 1. The first kappa shape index (κ1) is 16.5. The molecule has 0 radical (unpaired) electrons. The van der Waals surface area contributed by atoms with Crippen molar-refractivity contribution in [2.75, 3.05) is 0 Å². The Bertz CT molecular complexity index is 611. The maximum atomic E-state index is 12.7. The number of aliphatic carboxylic acids is 1. The lowest BCUT2D eigenvalue weighted by molar-refractivity contribution is -0.148. The summed E-state index contributed by atoms with van der Waals surface area (Å²) in [6, 6.07) is 5.97. The van der Waals surface area contributed by atoms with E-state index in [2.05, 4.69) is 26.0 Å². The Morgan fingerprint density at radius 3 is 2.36 bits per heavy atom. The van der Waals surface area contributed by atoms with Crippen LogP contribution in [0.4, 0.5) is 0 Å². The van der Waals surface area contributed by atoms with Crippen molar-refractivity contribution in [1.82, 2.24) is 0 Å². The van der Waals surface area contributed by atoms with Crippen LogP contribution < -0.4 is 0 Å². The largest absolute Gasteiger partial charge is 0.481 e. The van der Waals surface area contributed by atoms with Gasteiger partial charge in [0.1, 0.15) is 11.8 Å². The van der Waals surface area contributed by atoms with Crippen molar-refractivity contribution in [2.24, 2.45) is 17.0 Å². The number of Topliss-reactive ketones (excluding diaryl/α,β-unsaturated/α-hetero) is 1. The molecule has 116 valence electrons. The number of nitrogens with zero attached hydrogens (tertiary/aromatic N) is 3. The van der Waals surface area contributed by atoms with Gasteiger partial charge in [0.15, 0.2) is 0 Å². The summed E-state index contributed by atoms with van der Waals surface area (Å²) in [5.41, 5.74) is 9.34. The van der Waals surface area contributed by atoms with Crippen molar-refractivity contribution in [3.05, 3.63) is 44.7 Å². The molecule has 0 heterocycles. The summed E-state index contributed by atoms with van der Waals surface area (Å²) in [6.45, 7) is 0. The van der Waals surface area contributed by atoms with Gasteiger partial charge in [0.25, 0.3) is 0 Å². The van der Waals surface area contributed by atoms with E-state index in [-0.39, 0.29) is 5.78 Å². The molecule has 1 aliphatic rings. The summed E-state index contributed by atoms with van der Waals surface area (Å²) in [4.78, 5) is 26.9. The minimum absolute atomic E-state index is 0.299. The molecular weight excluding hydrogens is 350 g/mol. The van der Waals surface area contributed by atoms with E-state index in [9.17, 15) is 14.7 Å². The molecule has 1 saturated carbocycles. The molecule has 7 heteroatoms. The maximum absolute atomic E-state index is 12.7. The first-order chi connectivity index (χ1) is 10.5. The maximum Gasteiger partial charge on any atom is 0.307 e. The highest BCUT2D eigenvalue weighted by atomic mass is 79.9. The van der Waals surface area contributed by atoms with Gasteiger partial charge in [-0.3, -0.25) is 9.59 Å². The van der Waals surface area contributed by atoms with Crippen LogP contribution in [-0.4, -0.2) is 16.9 Å². The molecule has 0 amide bonds. The number of carboxylic acid groups (broad SMARTS) is 1. The smallest absolute Gasteiger partial charge is 0.307 e. The Hall–Kier alpha value is -1.85. The number of halogens is 1. The lowest BCUT2D eigenvalue weighted by Gasteiger charge is -2.29. The lowest BCUT2D eigenvalue weighted by Crippen LogP contribution is -2.35. The first-order valence-electron chi connectivity index (χ1n) is 7.10. The second-order valence-corrected chi connectivity index (χ2v) is 6.31. The fourth-order valence-corrected chi connectivity index (χ4v) is 3.22. The minimum Gasteiger partial charge on any atom is -0.481 e. The van der Waals surface area contributed by atoms with Crippen molar-refractivity contribution in [3.8, 4) is 0 Å². The van der Waals surface area contributed by atoms with Gasteiger partial charge in [-0.15, -0.1) is 0 Å². The normalized spacial score (nSPS) is 22.4. The third-order valence-electron chi connectivity index (χ3n) is 4.07. The van der Waals surface area contributed by atoms with Crippen LogP contribution in [0, 0.1) is 11.8 Å². The highest BCUT2D eigenvalue weighted by molar-refractivity contribution is 9.10. The van der Waals surface area contributed by atoms with E-state index in [1.165, 1.54) is 0 Å². The van der Waals surface area contributed by atoms with Crippen molar-refractivity contribution >= 4 is 27.7 Å². The Morgan fingerprint density at radius 2 is 1.82 bits per heavy atom. The SMILES string of the molecule is [N-]=[N+]=NC(C(=O)C1CCCCC1C(=O)O)c1ccc(Br)cc1. The van der Waals surface area contributed by atoms with Crippen LogP contribution in [0.3, 0.4) is 0 Å². The molecule has 2 rings (SSSR count). The molecular formula is C15H16BrN3O3. The van der Waals surface area contributed by atoms with E-state index < -0.39 is 23.8 Å². The van der Waals surface area contributed by atoms with Gasteiger partial charge in [0.05, 0.1) is 5.92 Å². The summed E-state index contributed by atoms with van der Waals surface area (Å²) in [7, 11) is 0. The standard InChI is InChI=1S/C15H16BrN3O3/c16-10-7-5-9(6-8-10)13(18-19-17)14(20)11-3-1-2-4-12(11)15(21)22/h5-8,11-13H,1-4H2,(H,21,22). The van der Waals surface area contributed by atoms with E-state index >= 15 is 0 Å². The van der Waals surface area contributed by atoms with Crippen molar-refractivity contribution < 1.29 is 14.7 Å². The van der Waals surface area contributed by atoms with Crippen molar-refractivity contribution in [1.29, 1.82) is 0 Å². The number of carbonyl (C=O) groups is 2. The quantitative estimate of drug-likeness (QED) is 0.478. The van der Waals surface area contributed by atoms with Gasteiger partial charge in [-0.25, -0.2) is 0 Å². The Balaban J connectivity index is 2.31. The number of rotatable bonds is 5. The molecule has 0 aliphatic heterocycles. The number of hydrogen-bond acceptors (Lipinski definition) is 3. The third-order valence-corrected chi connectivity index (χ3v) is 4.60. The second kappa shape index (κ2) is 7.42. The monoisotopic (exact) mass is 365 g/mol. The van der Waals surface area contributed by atoms with Crippen LogP contribution in [0.15, 0.2) is 33.9 Å². The third kappa shape index (κ3) is 3.67. The Morgan fingerprint density at radius 1 is 1.23 bits per heavy atom. The van der Waals surface area contributed by atoms with Crippen molar-refractivity contribution in [2.45, 2.75) is 31.7 Å². The minimum atomic E-state index is -0.969. The van der Waals surface area contributed by atoms with Crippen LogP contribution in [0.1, 0.15) is 37.3 Å². The van der Waals surface area contributed by atoms with E-state index in [0.29, 0.717) is 18.4 Å². The van der Waals surface area contributed by atoms with Gasteiger partial charge in [-0.1, -0.05) is 46.0 Å². The van der Waals surface area contributed by atoms with E-state index in [0.717, 1.165) is 17.3 Å². The number of ketones is 1. The molecule has 0 spiro atoms. The first-order valence-corrected chi connectivity index (χ1v) is 7.90. The number of hydrogen-bond donors (Lipinski definition) is 1. The lowest BCUT2D eigenvalue weighted by atomic mass is 9.74. The van der Waals surface area contributed by atoms with Gasteiger partial charge in [0, 0.05) is 15.3 Å². The van der Waals surface area contributed by atoms with Gasteiger partial charge in [-0.05, 0) is 36.1 Å². The van der Waals surface area contributed by atoms with Crippen LogP contribution in [0.2, 0.25) is 0 Å². The van der Waals surface area contributed by atoms with Gasteiger partial charge < -0.3 is 5.11 Å². The van der Waals surface area contributed by atoms with Gasteiger partial charge in [0.2, 0.25) is 0 Å². The molecule has 1 aromatic rings. The number of carbonyl (C=O) groups excluding carboxylic acids is 1. The van der Waals surface area contributed by atoms with Crippen LogP contribution in [0.25, 0.3) is 10.4 Å². The van der Waals surface area contributed by atoms with Crippen molar-refractivity contribution in [3.63, 3.8) is 0 Å². The molecule has 1 aromatic carbocycles. The van der Waals surface area contributed by atoms with E-state index in [1.54, 1.807) is 24.3 Å². The zero-order valence-electron chi connectivity index (χ0n) is 11.9. The predicted octanol–water partition coefficient (Wildman–Crippen LogP) is 4.26. The Kier molecular flexibility index (Phi) is 5.57. The molecule has 0 bridgehead atoms. The molecule has 3 unspecified atom stereocenters. The average molecular weight is 366 g/mol. The van der Waals surface area contributed by atoms with E-state index in [4.69, 9.17) is 5.53 Å². The van der Waals surface area contributed by atoms with Crippen LogP contribution in [-0.2, 0) is 9.59 Å². The molecule has 0 saturated heterocycles. The summed E-state index contributed by atoms with van der Waals surface area (Å²) in [6.07, 6.45) is 2.66. The summed E-state index contributed by atoms with van der Waals surface area (Å²) < 4.78 is 0.851. The number of benzene rings is 1. The topological polar surface area (TPSA) is 103 Å². The molecule has 3 atom stereocenters. The Labute approximate surface area is 136 Å².